The van der Waals surface area contributed by atoms with Gasteiger partial charge in [0.15, 0.2) is 0 Å². The molecule has 0 unspecified atom stereocenters. The average Bonchev–Trinajstić information content (AvgIpc) is 2.14. The molecule has 0 aliphatic heterocycles. The van der Waals surface area contributed by atoms with Crippen LogP contribution in [0.2, 0.25) is 0 Å². The number of benzene rings is 1. The maximum atomic E-state index is 10.7. The minimum atomic E-state index is -0.311. The number of rotatable bonds is 4. The molecule has 0 fully saturated rings. The topological polar surface area (TPSA) is 26.3 Å². The molecule has 0 aliphatic rings. The fraction of sp³-hybridized carbons (Fsp3) is 0.250. The highest BCUT2D eigenvalue weighted by atomic mass is 35.5. The van der Waals surface area contributed by atoms with E-state index >= 15 is 0 Å². The maximum absolute atomic E-state index is 10.7. The smallest absolute Gasteiger partial charge is 0.308 e. The van der Waals surface area contributed by atoms with Crippen molar-refractivity contribution < 1.29 is 9.53 Å². The second-order valence-corrected chi connectivity index (χ2v) is 3.79. The molecule has 1 aromatic carbocycles. The van der Waals surface area contributed by atoms with Gasteiger partial charge in [0.25, 0.3) is 0 Å². The molecule has 2 nitrogen and oxygen atoms in total. The zero-order valence-electron chi connectivity index (χ0n) is 8.63. The van der Waals surface area contributed by atoms with E-state index < -0.39 is 0 Å². The third kappa shape index (κ3) is 4.66. The van der Waals surface area contributed by atoms with Gasteiger partial charge in [-0.05, 0) is 30.5 Å². The average molecular weight is 225 g/mol. The number of ether oxygens (including phenoxy) is 1. The van der Waals surface area contributed by atoms with Crippen molar-refractivity contribution in [2.24, 2.45) is 0 Å². The Morgan fingerprint density at radius 1 is 1.53 bits per heavy atom. The van der Waals surface area contributed by atoms with Gasteiger partial charge < -0.3 is 4.74 Å². The van der Waals surface area contributed by atoms with Gasteiger partial charge in [0, 0.05) is 12.0 Å². The van der Waals surface area contributed by atoms with Gasteiger partial charge in [-0.2, -0.15) is 0 Å². The highest BCUT2D eigenvalue weighted by Gasteiger charge is 2.00. The summed E-state index contributed by atoms with van der Waals surface area (Å²) in [4.78, 5) is 10.7. The molecular weight excluding hydrogens is 212 g/mol. The molecule has 0 saturated heterocycles. The molecular formula is C12H13ClO2. The van der Waals surface area contributed by atoms with Crippen LogP contribution in [0, 0.1) is 0 Å². The molecule has 0 N–H and O–H groups in total. The highest BCUT2D eigenvalue weighted by molar-refractivity contribution is 6.29. The van der Waals surface area contributed by atoms with E-state index in [2.05, 4.69) is 6.58 Å². The quantitative estimate of drug-likeness (QED) is 0.580. The van der Waals surface area contributed by atoms with E-state index in [9.17, 15) is 4.79 Å². The molecule has 0 saturated carbocycles. The van der Waals surface area contributed by atoms with Crippen LogP contribution in [-0.4, -0.2) is 5.97 Å². The lowest BCUT2D eigenvalue weighted by Gasteiger charge is -2.04. The standard InChI is InChI=1S/C12H13ClO2/c1-9(13)6-7-11-4-3-5-12(8-11)15-10(2)14/h3-5,8H,1,6-7H2,2H3. The molecule has 15 heavy (non-hydrogen) atoms. The molecule has 0 aromatic heterocycles. The summed E-state index contributed by atoms with van der Waals surface area (Å²) < 4.78 is 4.97. The monoisotopic (exact) mass is 224 g/mol. The van der Waals surface area contributed by atoms with Crippen LogP contribution in [0.1, 0.15) is 18.9 Å². The van der Waals surface area contributed by atoms with Crippen LogP contribution in [0.3, 0.4) is 0 Å². The van der Waals surface area contributed by atoms with Gasteiger partial charge in [-0.15, -0.1) is 0 Å². The van der Waals surface area contributed by atoms with E-state index in [1.165, 1.54) is 6.92 Å². The van der Waals surface area contributed by atoms with Crippen LogP contribution in [0.5, 0.6) is 5.75 Å². The third-order valence-electron chi connectivity index (χ3n) is 1.84. The zero-order valence-corrected chi connectivity index (χ0v) is 9.38. The predicted octanol–water partition coefficient (Wildman–Crippen LogP) is 3.30. The van der Waals surface area contributed by atoms with Crippen LogP contribution in [0.25, 0.3) is 0 Å². The van der Waals surface area contributed by atoms with Crippen molar-refractivity contribution in [1.82, 2.24) is 0 Å². The van der Waals surface area contributed by atoms with E-state index in [-0.39, 0.29) is 5.97 Å². The van der Waals surface area contributed by atoms with Gasteiger partial charge in [0.1, 0.15) is 5.75 Å². The van der Waals surface area contributed by atoms with Crippen LogP contribution >= 0.6 is 11.6 Å². The van der Waals surface area contributed by atoms with E-state index in [4.69, 9.17) is 16.3 Å². The summed E-state index contributed by atoms with van der Waals surface area (Å²) in [6.45, 7) is 5.00. The van der Waals surface area contributed by atoms with Gasteiger partial charge in [-0.25, -0.2) is 0 Å². The summed E-state index contributed by atoms with van der Waals surface area (Å²) in [6, 6.07) is 7.40. The first-order chi connectivity index (χ1) is 7.08. The fourth-order valence-electron chi connectivity index (χ4n) is 1.21. The number of esters is 1. The highest BCUT2D eigenvalue weighted by Crippen LogP contribution is 2.16. The first-order valence-corrected chi connectivity index (χ1v) is 5.06. The molecule has 0 spiro atoms. The van der Waals surface area contributed by atoms with E-state index in [0.717, 1.165) is 18.4 Å². The van der Waals surface area contributed by atoms with Crippen molar-refractivity contribution in [3.8, 4) is 5.75 Å². The van der Waals surface area contributed by atoms with Gasteiger partial charge in [0.05, 0.1) is 0 Å². The Bertz CT molecular complexity index is 372. The molecule has 1 aromatic rings. The Morgan fingerprint density at radius 2 is 2.27 bits per heavy atom. The van der Waals surface area contributed by atoms with Gasteiger partial charge in [-0.3, -0.25) is 4.79 Å². The summed E-state index contributed by atoms with van der Waals surface area (Å²) in [6.07, 6.45) is 1.53. The number of allylic oxidation sites excluding steroid dienone is 1. The number of carbonyl (C=O) groups is 1. The van der Waals surface area contributed by atoms with E-state index in [0.29, 0.717) is 10.8 Å². The van der Waals surface area contributed by atoms with Crippen molar-refractivity contribution >= 4 is 17.6 Å². The predicted molar refractivity (Wildman–Crippen MR) is 61.1 cm³/mol. The van der Waals surface area contributed by atoms with Crippen molar-refractivity contribution in [2.75, 3.05) is 0 Å². The molecule has 0 aliphatic carbocycles. The van der Waals surface area contributed by atoms with Crippen LogP contribution < -0.4 is 4.74 Å². The van der Waals surface area contributed by atoms with Gasteiger partial charge in [-0.1, -0.05) is 30.3 Å². The third-order valence-corrected chi connectivity index (χ3v) is 2.03. The molecule has 80 valence electrons. The molecule has 1 rings (SSSR count). The Balaban J connectivity index is 2.65. The zero-order chi connectivity index (χ0) is 11.3. The lowest BCUT2D eigenvalue weighted by Crippen LogP contribution is -2.01. The minimum absolute atomic E-state index is 0.311. The Labute approximate surface area is 94.5 Å². The summed E-state index contributed by atoms with van der Waals surface area (Å²) in [5.74, 6) is 0.258. The second-order valence-electron chi connectivity index (χ2n) is 3.26. The number of hydrogen-bond donors (Lipinski definition) is 0. The first kappa shape index (κ1) is 11.8. The maximum Gasteiger partial charge on any atom is 0.308 e. The summed E-state index contributed by atoms with van der Waals surface area (Å²) in [5.41, 5.74) is 1.08. The number of aryl methyl sites for hydroxylation is 1. The van der Waals surface area contributed by atoms with Crippen molar-refractivity contribution in [2.45, 2.75) is 19.8 Å². The first-order valence-electron chi connectivity index (χ1n) is 4.68. The molecule has 0 radical (unpaired) electrons. The van der Waals surface area contributed by atoms with Gasteiger partial charge >= 0.3 is 5.97 Å². The number of halogens is 1. The van der Waals surface area contributed by atoms with Crippen LogP contribution in [-0.2, 0) is 11.2 Å². The van der Waals surface area contributed by atoms with Gasteiger partial charge in [0.2, 0.25) is 0 Å². The number of hydrogen-bond acceptors (Lipinski definition) is 2. The fourth-order valence-corrected chi connectivity index (χ4v) is 1.30. The lowest BCUT2D eigenvalue weighted by atomic mass is 10.1. The number of carbonyl (C=O) groups excluding carboxylic acids is 1. The minimum Gasteiger partial charge on any atom is -0.427 e. The molecule has 0 bridgehead atoms. The van der Waals surface area contributed by atoms with E-state index in [1.54, 1.807) is 6.07 Å². The normalized spacial score (nSPS) is 9.73. The Kier molecular flexibility index (Phi) is 4.37. The summed E-state index contributed by atoms with van der Waals surface area (Å²) >= 11 is 5.67. The van der Waals surface area contributed by atoms with Crippen molar-refractivity contribution in [1.29, 1.82) is 0 Å². The molecule has 0 atom stereocenters. The molecule has 0 amide bonds. The van der Waals surface area contributed by atoms with Crippen LogP contribution in [0.4, 0.5) is 0 Å². The molecule has 3 heteroatoms. The molecule has 0 heterocycles. The lowest BCUT2D eigenvalue weighted by molar-refractivity contribution is -0.131. The summed E-state index contributed by atoms with van der Waals surface area (Å²) in [5, 5.41) is 0.632. The SMILES string of the molecule is C=C(Cl)CCc1cccc(OC(C)=O)c1. The second kappa shape index (κ2) is 5.56. The Hall–Kier alpha value is -1.28. The van der Waals surface area contributed by atoms with Crippen LogP contribution in [0.15, 0.2) is 35.9 Å². The summed E-state index contributed by atoms with van der Waals surface area (Å²) in [7, 11) is 0. The largest absolute Gasteiger partial charge is 0.427 e. The van der Waals surface area contributed by atoms with Crippen molar-refractivity contribution in [3.63, 3.8) is 0 Å². The van der Waals surface area contributed by atoms with E-state index in [1.807, 2.05) is 18.2 Å². The van der Waals surface area contributed by atoms with Crippen molar-refractivity contribution in [3.05, 3.63) is 41.4 Å². The Morgan fingerprint density at radius 3 is 2.87 bits per heavy atom.